The van der Waals surface area contributed by atoms with E-state index in [2.05, 4.69) is 29.2 Å². The first-order valence-corrected chi connectivity index (χ1v) is 9.29. The highest BCUT2D eigenvalue weighted by atomic mass is 16.2. The molecule has 23 heavy (non-hydrogen) atoms. The van der Waals surface area contributed by atoms with Crippen LogP contribution >= 0.6 is 0 Å². The number of nitrogens with zero attached hydrogens (tertiary/aromatic N) is 1. The van der Waals surface area contributed by atoms with Crippen molar-refractivity contribution in [3.63, 3.8) is 0 Å². The van der Waals surface area contributed by atoms with Crippen molar-refractivity contribution in [2.75, 3.05) is 6.54 Å². The molecule has 2 saturated carbocycles. The molecule has 1 aromatic rings. The van der Waals surface area contributed by atoms with E-state index in [1.807, 2.05) is 6.07 Å². The Bertz CT molecular complexity index is 555. The molecule has 3 fully saturated rings. The molecular formula is C20H28N2O. The number of carbonyl (C=O) groups excluding carboxylic acids is 1. The van der Waals surface area contributed by atoms with Gasteiger partial charge in [-0.05, 0) is 62.8 Å². The maximum Gasteiger partial charge on any atom is 0.226 e. The number of piperidine rings is 1. The summed E-state index contributed by atoms with van der Waals surface area (Å²) in [7, 11) is 0. The van der Waals surface area contributed by atoms with Gasteiger partial charge in [0.2, 0.25) is 5.91 Å². The highest BCUT2D eigenvalue weighted by Gasteiger charge is 2.52. The van der Waals surface area contributed by atoms with Gasteiger partial charge in [-0.3, -0.25) is 4.79 Å². The highest BCUT2D eigenvalue weighted by Crippen LogP contribution is 2.47. The predicted octanol–water partition coefficient (Wildman–Crippen LogP) is 3.13. The molecule has 0 bridgehead atoms. The third-order valence-electron chi connectivity index (χ3n) is 6.20. The minimum atomic E-state index is 0.110. The van der Waals surface area contributed by atoms with Crippen LogP contribution in [0.4, 0.5) is 0 Å². The molecule has 1 spiro atoms. The van der Waals surface area contributed by atoms with E-state index in [0.29, 0.717) is 17.9 Å². The first-order valence-electron chi connectivity index (χ1n) is 9.29. The largest absolute Gasteiger partial charge is 0.337 e. The fourth-order valence-corrected chi connectivity index (χ4v) is 4.80. The third-order valence-corrected chi connectivity index (χ3v) is 6.20. The van der Waals surface area contributed by atoms with Crippen molar-refractivity contribution >= 4 is 5.91 Å². The zero-order valence-electron chi connectivity index (χ0n) is 13.9. The first-order chi connectivity index (χ1) is 11.2. The summed E-state index contributed by atoms with van der Waals surface area (Å²) in [5, 5.41) is 0. The molecule has 0 radical (unpaired) electrons. The summed E-state index contributed by atoms with van der Waals surface area (Å²) in [4.78, 5) is 15.6. The Morgan fingerprint density at radius 3 is 2.61 bits per heavy atom. The maximum absolute atomic E-state index is 13.4. The summed E-state index contributed by atoms with van der Waals surface area (Å²) in [6, 6.07) is 10.8. The van der Waals surface area contributed by atoms with Crippen LogP contribution < -0.4 is 5.73 Å². The molecule has 1 heterocycles. The second-order valence-electron chi connectivity index (χ2n) is 7.97. The van der Waals surface area contributed by atoms with E-state index in [-0.39, 0.29) is 11.5 Å². The van der Waals surface area contributed by atoms with Gasteiger partial charge in [0.25, 0.3) is 0 Å². The Kier molecular flexibility index (Phi) is 3.92. The van der Waals surface area contributed by atoms with Gasteiger partial charge >= 0.3 is 0 Å². The average molecular weight is 312 g/mol. The minimum absolute atomic E-state index is 0.110. The van der Waals surface area contributed by atoms with Gasteiger partial charge in [-0.25, -0.2) is 0 Å². The van der Waals surface area contributed by atoms with E-state index in [1.54, 1.807) is 0 Å². The Hall–Kier alpha value is -1.35. The first kappa shape index (κ1) is 15.2. The smallest absolute Gasteiger partial charge is 0.226 e. The SMILES string of the molecule is NC1CC2(CCCCN2C(=O)C(Cc2ccccc2)C2CC2)C1. The van der Waals surface area contributed by atoms with Crippen LogP contribution in [0.5, 0.6) is 0 Å². The summed E-state index contributed by atoms with van der Waals surface area (Å²) in [6.45, 7) is 0.948. The Labute approximate surface area is 139 Å². The lowest BCUT2D eigenvalue weighted by molar-refractivity contribution is -0.151. The van der Waals surface area contributed by atoms with Crippen LogP contribution in [-0.2, 0) is 11.2 Å². The lowest BCUT2D eigenvalue weighted by atomic mass is 9.66. The van der Waals surface area contributed by atoms with Gasteiger partial charge in [-0.1, -0.05) is 30.3 Å². The monoisotopic (exact) mass is 312 g/mol. The number of hydrogen-bond donors (Lipinski definition) is 1. The van der Waals surface area contributed by atoms with Crippen LogP contribution in [0.3, 0.4) is 0 Å². The fraction of sp³-hybridized carbons (Fsp3) is 0.650. The summed E-state index contributed by atoms with van der Waals surface area (Å²) < 4.78 is 0. The van der Waals surface area contributed by atoms with Gasteiger partial charge in [0.05, 0.1) is 0 Å². The molecule has 1 amide bonds. The number of nitrogens with two attached hydrogens (primary N) is 1. The standard InChI is InChI=1S/C20H28N2O/c21-17-13-20(14-17)10-4-5-11-22(20)19(23)18(16-8-9-16)12-15-6-2-1-3-7-15/h1-3,6-7,16-18H,4-5,8-14,21H2. The average Bonchev–Trinajstić information content (AvgIpc) is 3.37. The molecule has 1 aromatic carbocycles. The summed E-state index contributed by atoms with van der Waals surface area (Å²) in [5.74, 6) is 1.21. The van der Waals surface area contributed by atoms with Crippen LogP contribution in [0.25, 0.3) is 0 Å². The van der Waals surface area contributed by atoms with Gasteiger partial charge in [-0.15, -0.1) is 0 Å². The summed E-state index contributed by atoms with van der Waals surface area (Å²) in [6.07, 6.45) is 8.96. The van der Waals surface area contributed by atoms with Gasteiger partial charge in [0.15, 0.2) is 0 Å². The number of carbonyl (C=O) groups is 1. The Morgan fingerprint density at radius 2 is 1.96 bits per heavy atom. The molecule has 1 atom stereocenters. The van der Waals surface area contributed by atoms with Crippen molar-refractivity contribution < 1.29 is 4.79 Å². The van der Waals surface area contributed by atoms with Crippen LogP contribution in [0.1, 0.15) is 50.5 Å². The molecule has 2 aliphatic carbocycles. The molecule has 0 aromatic heterocycles. The molecule has 1 saturated heterocycles. The molecule has 2 N–H and O–H groups in total. The van der Waals surface area contributed by atoms with Crippen molar-refractivity contribution in [2.45, 2.75) is 62.9 Å². The van der Waals surface area contributed by atoms with Gasteiger partial charge in [0.1, 0.15) is 0 Å². The van der Waals surface area contributed by atoms with Gasteiger partial charge in [-0.2, -0.15) is 0 Å². The van der Waals surface area contributed by atoms with E-state index in [9.17, 15) is 4.79 Å². The third kappa shape index (κ3) is 2.91. The number of amides is 1. The fourth-order valence-electron chi connectivity index (χ4n) is 4.80. The molecule has 1 unspecified atom stereocenters. The molecule has 3 heteroatoms. The van der Waals surface area contributed by atoms with Crippen LogP contribution in [0.15, 0.2) is 30.3 Å². The van der Waals surface area contributed by atoms with Gasteiger partial charge < -0.3 is 10.6 Å². The van der Waals surface area contributed by atoms with E-state index in [0.717, 1.165) is 38.6 Å². The molecule has 1 aliphatic heterocycles. The van der Waals surface area contributed by atoms with Crippen LogP contribution in [0, 0.1) is 11.8 Å². The van der Waals surface area contributed by atoms with Crippen molar-refractivity contribution in [1.82, 2.24) is 4.90 Å². The maximum atomic E-state index is 13.4. The lowest BCUT2D eigenvalue weighted by Gasteiger charge is -2.56. The molecule has 4 rings (SSSR count). The minimum Gasteiger partial charge on any atom is -0.337 e. The molecule has 3 nitrogen and oxygen atoms in total. The molecule has 124 valence electrons. The Balaban J connectivity index is 1.52. The van der Waals surface area contributed by atoms with Crippen LogP contribution in [0.2, 0.25) is 0 Å². The number of likely N-dealkylation sites (tertiary alicyclic amines) is 1. The van der Waals surface area contributed by atoms with Crippen LogP contribution in [-0.4, -0.2) is 28.9 Å². The second kappa shape index (κ2) is 5.94. The zero-order valence-corrected chi connectivity index (χ0v) is 13.9. The number of hydrogen-bond acceptors (Lipinski definition) is 2. The molecular weight excluding hydrogens is 284 g/mol. The van der Waals surface area contributed by atoms with Gasteiger partial charge in [0, 0.05) is 24.0 Å². The lowest BCUT2D eigenvalue weighted by Crippen LogP contribution is -2.66. The van der Waals surface area contributed by atoms with E-state index >= 15 is 0 Å². The molecule has 3 aliphatic rings. The Morgan fingerprint density at radius 1 is 1.22 bits per heavy atom. The second-order valence-corrected chi connectivity index (χ2v) is 7.97. The summed E-state index contributed by atoms with van der Waals surface area (Å²) >= 11 is 0. The highest BCUT2D eigenvalue weighted by molar-refractivity contribution is 5.81. The van der Waals surface area contributed by atoms with Crippen molar-refractivity contribution in [1.29, 1.82) is 0 Å². The van der Waals surface area contributed by atoms with Crippen molar-refractivity contribution in [2.24, 2.45) is 17.6 Å². The quantitative estimate of drug-likeness (QED) is 0.928. The summed E-state index contributed by atoms with van der Waals surface area (Å²) in [5.41, 5.74) is 7.49. The van der Waals surface area contributed by atoms with E-state index in [1.165, 1.54) is 24.8 Å². The van der Waals surface area contributed by atoms with Crippen molar-refractivity contribution in [3.8, 4) is 0 Å². The number of benzene rings is 1. The topological polar surface area (TPSA) is 46.3 Å². The number of rotatable bonds is 4. The zero-order chi connectivity index (χ0) is 15.9. The predicted molar refractivity (Wildman–Crippen MR) is 91.9 cm³/mol. The van der Waals surface area contributed by atoms with E-state index < -0.39 is 0 Å². The van der Waals surface area contributed by atoms with E-state index in [4.69, 9.17) is 5.73 Å². The van der Waals surface area contributed by atoms with Crippen molar-refractivity contribution in [3.05, 3.63) is 35.9 Å². The normalized spacial score (nSPS) is 31.7.